The third-order valence-electron chi connectivity index (χ3n) is 1.13. The Morgan fingerprint density at radius 2 is 2.22 bits per heavy atom. The van der Waals surface area contributed by atoms with Gasteiger partial charge >= 0.3 is 0 Å². The number of aryl methyl sites for hydroxylation is 1. The molecule has 0 saturated heterocycles. The predicted molar refractivity (Wildman–Crippen MR) is 35.9 cm³/mol. The second-order valence-corrected chi connectivity index (χ2v) is 1.79. The quantitative estimate of drug-likeness (QED) is 0.511. The van der Waals surface area contributed by atoms with E-state index in [1.54, 1.807) is 6.92 Å². The first-order valence-electron chi connectivity index (χ1n) is 3.63. The summed E-state index contributed by atoms with van der Waals surface area (Å²) in [5, 5.41) is 8.54. The topological polar surface area (TPSA) is 23.8 Å². The van der Waals surface area contributed by atoms with Crippen LogP contribution in [0.3, 0.4) is 0 Å². The van der Waals surface area contributed by atoms with E-state index in [1.165, 1.54) is 12.1 Å². The van der Waals surface area contributed by atoms with Gasteiger partial charge in [-0.25, -0.2) is 0 Å². The lowest BCUT2D eigenvalue weighted by atomic mass is 10.1. The van der Waals surface area contributed by atoms with Crippen molar-refractivity contribution >= 4 is 0 Å². The van der Waals surface area contributed by atoms with Crippen LogP contribution in [-0.4, -0.2) is 0 Å². The van der Waals surface area contributed by atoms with Gasteiger partial charge in [-0.1, -0.05) is 18.2 Å². The number of nitriles is 1. The van der Waals surface area contributed by atoms with Gasteiger partial charge in [0.1, 0.15) is 0 Å². The summed E-state index contributed by atoms with van der Waals surface area (Å²) in [7, 11) is 0. The van der Waals surface area contributed by atoms with E-state index in [2.05, 4.69) is 0 Å². The van der Waals surface area contributed by atoms with Crippen molar-refractivity contribution in [3.8, 4) is 6.07 Å². The lowest BCUT2D eigenvalue weighted by Gasteiger charge is -1.90. The molecule has 0 bridgehead atoms. The normalized spacial score (nSPS) is 11.6. The zero-order chi connectivity index (χ0) is 8.43. The van der Waals surface area contributed by atoms with E-state index in [9.17, 15) is 0 Å². The van der Waals surface area contributed by atoms with Crippen LogP contribution in [0.25, 0.3) is 0 Å². The van der Waals surface area contributed by atoms with Crippen LogP contribution in [0.5, 0.6) is 0 Å². The molecule has 9 heavy (non-hydrogen) atoms. The van der Waals surface area contributed by atoms with Crippen LogP contribution in [0, 0.1) is 18.3 Å². The molecule has 0 N–H and O–H groups in total. The first kappa shape index (κ1) is 3.68. The third kappa shape index (κ3) is 1.09. The third-order valence-corrected chi connectivity index (χ3v) is 1.13. The molecule has 0 saturated carbocycles. The van der Waals surface area contributed by atoms with E-state index in [0.717, 1.165) is 5.56 Å². The van der Waals surface area contributed by atoms with Crippen LogP contribution in [0.1, 0.15) is 13.9 Å². The Balaban J connectivity index is 3.35. The molecule has 0 radical (unpaired) electrons. The summed E-state index contributed by atoms with van der Waals surface area (Å²) in [5.74, 6) is 0. The van der Waals surface area contributed by atoms with E-state index >= 15 is 0 Å². The smallest absolute Gasteiger partial charge is 0.0994 e. The van der Waals surface area contributed by atoms with Gasteiger partial charge in [0.2, 0.25) is 0 Å². The van der Waals surface area contributed by atoms with Crippen LogP contribution in [0.4, 0.5) is 0 Å². The van der Waals surface area contributed by atoms with Gasteiger partial charge in [-0.2, -0.15) is 5.26 Å². The maximum Gasteiger partial charge on any atom is 0.0994 e. The second-order valence-electron chi connectivity index (χ2n) is 1.79. The Kier molecular flexibility index (Phi) is 0.949. The van der Waals surface area contributed by atoms with Gasteiger partial charge in [0.15, 0.2) is 0 Å². The molecule has 0 aliphatic heterocycles. The molecule has 1 aromatic rings. The number of rotatable bonds is 0. The molecule has 1 aromatic carbocycles. The van der Waals surface area contributed by atoms with Gasteiger partial charge in [0.25, 0.3) is 0 Å². The first-order chi connectivity index (χ1) is 5.15. The Labute approximate surface area is 57.4 Å². The zero-order valence-electron chi connectivity index (χ0n) is 7.10. The molecule has 0 atom stereocenters. The molecule has 0 aromatic heterocycles. The van der Waals surface area contributed by atoms with Crippen molar-refractivity contribution in [2.24, 2.45) is 0 Å². The van der Waals surface area contributed by atoms with Crippen molar-refractivity contribution in [2.75, 3.05) is 0 Å². The minimum Gasteiger partial charge on any atom is -0.192 e. The summed E-state index contributed by atoms with van der Waals surface area (Å²) in [5.41, 5.74) is 1.24. The average Bonchev–Trinajstić information content (AvgIpc) is 1.97. The van der Waals surface area contributed by atoms with Crippen molar-refractivity contribution in [3.05, 3.63) is 35.3 Å². The SMILES string of the molecule is [2H]c1cc(C)c(C#N)cc1[2H]. The average molecular weight is 119 g/mol. The van der Waals surface area contributed by atoms with Gasteiger partial charge in [-0.15, -0.1) is 0 Å². The number of nitrogens with zero attached hydrogens (tertiary/aromatic N) is 1. The molecule has 0 heterocycles. The fourth-order valence-electron chi connectivity index (χ4n) is 0.576. The van der Waals surface area contributed by atoms with Gasteiger partial charge in [-0.3, -0.25) is 0 Å². The van der Waals surface area contributed by atoms with Gasteiger partial charge < -0.3 is 0 Å². The second kappa shape index (κ2) is 2.32. The molecule has 1 rings (SSSR count). The van der Waals surface area contributed by atoms with E-state index in [1.807, 2.05) is 6.07 Å². The van der Waals surface area contributed by atoms with E-state index in [-0.39, 0.29) is 12.1 Å². The largest absolute Gasteiger partial charge is 0.192 e. The van der Waals surface area contributed by atoms with Crippen LogP contribution in [0.2, 0.25) is 0 Å². The zero-order valence-corrected chi connectivity index (χ0v) is 5.10. The van der Waals surface area contributed by atoms with Crippen molar-refractivity contribution in [1.82, 2.24) is 0 Å². The highest BCUT2D eigenvalue weighted by atomic mass is 14.2. The molecule has 0 fully saturated rings. The summed E-state index contributed by atoms with van der Waals surface area (Å²) in [6.45, 7) is 1.76. The molecule has 0 aliphatic carbocycles. The Morgan fingerprint density at radius 3 is 2.89 bits per heavy atom. The summed E-state index contributed by atoms with van der Waals surface area (Å²) < 4.78 is 14.5. The molecule has 0 amide bonds. The fraction of sp³-hybridized carbons (Fsp3) is 0.125. The maximum absolute atomic E-state index is 8.54. The highest BCUT2D eigenvalue weighted by molar-refractivity contribution is 5.35. The molecular formula is C8H7N. The minimum absolute atomic E-state index is 0.104. The first-order valence-corrected chi connectivity index (χ1v) is 2.63. The summed E-state index contributed by atoms with van der Waals surface area (Å²) in [6.07, 6.45) is 0. The summed E-state index contributed by atoms with van der Waals surface area (Å²) in [4.78, 5) is 0. The van der Waals surface area contributed by atoms with E-state index < -0.39 is 0 Å². The molecule has 0 spiro atoms. The molecular weight excluding hydrogens is 110 g/mol. The summed E-state index contributed by atoms with van der Waals surface area (Å²) >= 11 is 0. The number of benzene rings is 1. The van der Waals surface area contributed by atoms with Gasteiger partial charge in [0.05, 0.1) is 14.4 Å². The molecule has 1 heteroatoms. The lowest BCUT2D eigenvalue weighted by Crippen LogP contribution is -1.77. The van der Waals surface area contributed by atoms with Crippen molar-refractivity contribution in [2.45, 2.75) is 6.92 Å². The lowest BCUT2D eigenvalue weighted by molar-refractivity contribution is 1.39. The Morgan fingerprint density at radius 1 is 1.56 bits per heavy atom. The highest BCUT2D eigenvalue weighted by Gasteiger charge is 1.89. The van der Waals surface area contributed by atoms with Gasteiger partial charge in [0, 0.05) is 0 Å². The Bertz CT molecular complexity index is 326. The Hall–Kier alpha value is -1.29. The number of hydrogen-bond donors (Lipinski definition) is 0. The van der Waals surface area contributed by atoms with Crippen LogP contribution in [0.15, 0.2) is 24.2 Å². The number of hydrogen-bond acceptors (Lipinski definition) is 1. The predicted octanol–water partition coefficient (Wildman–Crippen LogP) is 1.87. The van der Waals surface area contributed by atoms with Gasteiger partial charge in [-0.05, 0) is 18.6 Å². The molecule has 44 valence electrons. The van der Waals surface area contributed by atoms with Crippen LogP contribution in [-0.2, 0) is 0 Å². The highest BCUT2D eigenvalue weighted by Crippen LogP contribution is 2.03. The van der Waals surface area contributed by atoms with Crippen molar-refractivity contribution in [3.63, 3.8) is 0 Å². The van der Waals surface area contributed by atoms with Crippen LogP contribution < -0.4 is 0 Å². The van der Waals surface area contributed by atoms with Crippen molar-refractivity contribution < 1.29 is 2.74 Å². The molecule has 0 aliphatic rings. The standard InChI is InChI=1S/C8H7N/c1-7-4-2-3-5-8(7)6-9/h2-5H,1H3/i2D,3D. The van der Waals surface area contributed by atoms with Crippen molar-refractivity contribution in [1.29, 1.82) is 5.26 Å². The minimum atomic E-state index is 0.104. The monoisotopic (exact) mass is 119 g/mol. The van der Waals surface area contributed by atoms with Crippen LogP contribution >= 0.6 is 0 Å². The van der Waals surface area contributed by atoms with E-state index in [0.29, 0.717) is 5.56 Å². The molecule has 0 unspecified atom stereocenters. The fourth-order valence-corrected chi connectivity index (χ4v) is 0.576. The maximum atomic E-state index is 8.54. The van der Waals surface area contributed by atoms with E-state index in [4.69, 9.17) is 8.00 Å². The summed E-state index contributed by atoms with van der Waals surface area (Å²) in [6, 6.07) is 5.17. The molecule has 1 nitrogen and oxygen atoms in total.